The Morgan fingerprint density at radius 2 is 2.16 bits per heavy atom. The largest absolute Gasteiger partial charge is 0.504 e. The van der Waals surface area contributed by atoms with Gasteiger partial charge in [0.05, 0.1) is 18.4 Å². The number of amides is 1. The predicted octanol–water partition coefficient (Wildman–Crippen LogP) is 2.81. The number of para-hydroxylation sites is 1. The van der Waals surface area contributed by atoms with Gasteiger partial charge < -0.3 is 15.2 Å². The molecule has 1 heterocycles. The van der Waals surface area contributed by atoms with Crippen molar-refractivity contribution in [3.8, 4) is 11.5 Å². The zero-order chi connectivity index (χ0) is 13.8. The van der Waals surface area contributed by atoms with Crippen LogP contribution in [0.25, 0.3) is 0 Å². The zero-order valence-corrected chi connectivity index (χ0v) is 11.6. The molecule has 0 aliphatic heterocycles. The third-order valence-electron chi connectivity index (χ3n) is 2.47. The van der Waals surface area contributed by atoms with Crippen molar-refractivity contribution in [1.82, 2.24) is 4.98 Å². The summed E-state index contributed by atoms with van der Waals surface area (Å²) in [7, 11) is 1.43. The summed E-state index contributed by atoms with van der Waals surface area (Å²) in [6.45, 7) is 0. The molecule has 0 bridgehead atoms. The third-order valence-corrected chi connectivity index (χ3v) is 3.10. The standard InChI is InChI=1S/C13H11BrN2O3/c1-19-10-6-2-4-8(11(10)17)13(18)16-9-5-3-7-15-12(9)14/h2-7,17H,1H3,(H,16,18). The van der Waals surface area contributed by atoms with Crippen LogP contribution in [0.3, 0.4) is 0 Å². The van der Waals surface area contributed by atoms with E-state index in [0.29, 0.717) is 10.3 Å². The van der Waals surface area contributed by atoms with Crippen molar-refractivity contribution in [2.45, 2.75) is 0 Å². The van der Waals surface area contributed by atoms with Gasteiger partial charge in [-0.2, -0.15) is 0 Å². The van der Waals surface area contributed by atoms with Crippen molar-refractivity contribution in [2.24, 2.45) is 0 Å². The minimum Gasteiger partial charge on any atom is -0.504 e. The molecule has 0 radical (unpaired) electrons. The molecule has 0 aliphatic carbocycles. The van der Waals surface area contributed by atoms with E-state index in [0.717, 1.165) is 0 Å². The van der Waals surface area contributed by atoms with Crippen LogP contribution in [0.4, 0.5) is 5.69 Å². The van der Waals surface area contributed by atoms with Crippen LogP contribution in [0.15, 0.2) is 41.1 Å². The van der Waals surface area contributed by atoms with Gasteiger partial charge in [-0.1, -0.05) is 6.07 Å². The number of hydrogen-bond donors (Lipinski definition) is 2. The molecule has 5 nitrogen and oxygen atoms in total. The van der Waals surface area contributed by atoms with Gasteiger partial charge in [0.15, 0.2) is 11.5 Å². The lowest BCUT2D eigenvalue weighted by molar-refractivity contribution is 0.102. The number of anilines is 1. The Labute approximate surface area is 118 Å². The number of pyridine rings is 1. The Balaban J connectivity index is 2.28. The summed E-state index contributed by atoms with van der Waals surface area (Å²) in [5.74, 6) is -0.384. The molecule has 98 valence electrons. The van der Waals surface area contributed by atoms with E-state index in [2.05, 4.69) is 26.2 Å². The normalized spacial score (nSPS) is 10.0. The maximum absolute atomic E-state index is 12.1. The van der Waals surface area contributed by atoms with Crippen molar-refractivity contribution in [3.63, 3.8) is 0 Å². The highest BCUT2D eigenvalue weighted by Gasteiger charge is 2.15. The Morgan fingerprint density at radius 1 is 1.37 bits per heavy atom. The van der Waals surface area contributed by atoms with Gasteiger partial charge >= 0.3 is 0 Å². The number of benzene rings is 1. The number of carbonyl (C=O) groups is 1. The first kappa shape index (κ1) is 13.4. The number of hydrogen-bond acceptors (Lipinski definition) is 4. The number of ether oxygens (including phenoxy) is 1. The van der Waals surface area contributed by atoms with Crippen molar-refractivity contribution < 1.29 is 14.6 Å². The lowest BCUT2D eigenvalue weighted by Gasteiger charge is -2.10. The Morgan fingerprint density at radius 3 is 2.84 bits per heavy atom. The van der Waals surface area contributed by atoms with E-state index in [1.54, 1.807) is 30.5 Å². The Kier molecular flexibility index (Phi) is 4.01. The van der Waals surface area contributed by atoms with E-state index in [1.807, 2.05) is 0 Å². The SMILES string of the molecule is COc1cccc(C(=O)Nc2cccnc2Br)c1O. The highest BCUT2D eigenvalue weighted by atomic mass is 79.9. The van der Waals surface area contributed by atoms with Gasteiger partial charge in [-0.15, -0.1) is 0 Å². The highest BCUT2D eigenvalue weighted by molar-refractivity contribution is 9.10. The Hall–Kier alpha value is -2.08. The molecular formula is C13H11BrN2O3. The number of carbonyl (C=O) groups excluding carboxylic acids is 1. The number of nitrogens with zero attached hydrogens (tertiary/aromatic N) is 1. The van der Waals surface area contributed by atoms with Crippen molar-refractivity contribution in [2.75, 3.05) is 12.4 Å². The monoisotopic (exact) mass is 322 g/mol. The van der Waals surface area contributed by atoms with E-state index in [4.69, 9.17) is 4.74 Å². The van der Waals surface area contributed by atoms with Crippen LogP contribution >= 0.6 is 15.9 Å². The van der Waals surface area contributed by atoms with Crippen LogP contribution in [0.1, 0.15) is 10.4 Å². The van der Waals surface area contributed by atoms with E-state index in [1.165, 1.54) is 13.2 Å². The number of aromatic nitrogens is 1. The molecular weight excluding hydrogens is 312 g/mol. The number of aromatic hydroxyl groups is 1. The molecule has 0 fully saturated rings. The summed E-state index contributed by atoms with van der Waals surface area (Å²) in [4.78, 5) is 16.1. The minimum atomic E-state index is -0.440. The first-order valence-corrected chi connectivity index (χ1v) is 6.20. The molecule has 1 amide bonds. The summed E-state index contributed by atoms with van der Waals surface area (Å²) in [5, 5.41) is 12.5. The highest BCUT2D eigenvalue weighted by Crippen LogP contribution is 2.30. The summed E-state index contributed by atoms with van der Waals surface area (Å²) in [6, 6.07) is 8.12. The first-order chi connectivity index (χ1) is 9.13. The number of phenolic OH excluding ortho intramolecular Hbond substituents is 1. The quantitative estimate of drug-likeness (QED) is 0.852. The minimum absolute atomic E-state index is 0.134. The molecule has 1 aromatic heterocycles. The number of nitrogens with one attached hydrogen (secondary N) is 1. The maximum Gasteiger partial charge on any atom is 0.259 e. The molecule has 1 aromatic carbocycles. The average Bonchev–Trinajstić information content (AvgIpc) is 2.41. The second kappa shape index (κ2) is 5.71. The summed E-state index contributed by atoms with van der Waals surface area (Å²) in [5.41, 5.74) is 0.657. The van der Waals surface area contributed by atoms with Crippen LogP contribution in [0.2, 0.25) is 0 Å². The van der Waals surface area contributed by atoms with Gasteiger partial charge in [0, 0.05) is 6.20 Å². The van der Waals surface area contributed by atoms with E-state index < -0.39 is 5.91 Å². The fourth-order valence-corrected chi connectivity index (χ4v) is 1.89. The van der Waals surface area contributed by atoms with Gasteiger partial charge in [0.2, 0.25) is 0 Å². The molecule has 2 rings (SSSR count). The van der Waals surface area contributed by atoms with Gasteiger partial charge in [-0.05, 0) is 40.2 Å². The second-order valence-corrected chi connectivity index (χ2v) is 4.40. The number of methoxy groups -OCH3 is 1. The molecule has 2 aromatic rings. The van der Waals surface area contributed by atoms with Crippen LogP contribution in [0, 0.1) is 0 Å². The Bertz CT molecular complexity index is 617. The van der Waals surface area contributed by atoms with Crippen LogP contribution in [-0.2, 0) is 0 Å². The maximum atomic E-state index is 12.1. The molecule has 2 N–H and O–H groups in total. The molecule has 0 saturated heterocycles. The van der Waals surface area contributed by atoms with Gasteiger partial charge in [-0.3, -0.25) is 4.79 Å². The molecule has 19 heavy (non-hydrogen) atoms. The molecule has 0 atom stereocenters. The van der Waals surface area contributed by atoms with Crippen molar-refractivity contribution >= 4 is 27.5 Å². The topological polar surface area (TPSA) is 71.5 Å². The van der Waals surface area contributed by atoms with Crippen LogP contribution in [0.5, 0.6) is 11.5 Å². The van der Waals surface area contributed by atoms with E-state index in [-0.39, 0.29) is 17.1 Å². The van der Waals surface area contributed by atoms with Gasteiger partial charge in [0.1, 0.15) is 4.60 Å². The lowest BCUT2D eigenvalue weighted by atomic mass is 10.1. The number of phenols is 1. The summed E-state index contributed by atoms with van der Waals surface area (Å²) < 4.78 is 5.48. The fourth-order valence-electron chi connectivity index (χ4n) is 1.54. The van der Waals surface area contributed by atoms with E-state index >= 15 is 0 Å². The molecule has 0 spiro atoms. The fraction of sp³-hybridized carbons (Fsp3) is 0.0769. The zero-order valence-electron chi connectivity index (χ0n) is 10.1. The summed E-state index contributed by atoms with van der Waals surface area (Å²) >= 11 is 3.23. The smallest absolute Gasteiger partial charge is 0.259 e. The van der Waals surface area contributed by atoms with E-state index in [9.17, 15) is 9.90 Å². The second-order valence-electron chi connectivity index (χ2n) is 3.65. The van der Waals surface area contributed by atoms with Crippen molar-refractivity contribution in [1.29, 1.82) is 0 Å². The predicted molar refractivity (Wildman–Crippen MR) is 74.5 cm³/mol. The number of rotatable bonds is 3. The average molecular weight is 323 g/mol. The third kappa shape index (κ3) is 2.85. The molecule has 0 saturated carbocycles. The molecule has 6 heteroatoms. The molecule has 0 aliphatic rings. The van der Waals surface area contributed by atoms with Gasteiger partial charge in [0.25, 0.3) is 5.91 Å². The van der Waals surface area contributed by atoms with Gasteiger partial charge in [-0.25, -0.2) is 4.98 Å². The lowest BCUT2D eigenvalue weighted by Crippen LogP contribution is -2.13. The van der Waals surface area contributed by atoms with Crippen LogP contribution < -0.4 is 10.1 Å². The van der Waals surface area contributed by atoms with Crippen molar-refractivity contribution in [3.05, 3.63) is 46.7 Å². The van der Waals surface area contributed by atoms with Crippen LogP contribution in [-0.4, -0.2) is 23.1 Å². The summed E-state index contributed by atoms with van der Waals surface area (Å²) in [6.07, 6.45) is 1.60. The first-order valence-electron chi connectivity index (χ1n) is 5.41. The molecule has 0 unspecified atom stereocenters. The number of halogens is 1.